The van der Waals surface area contributed by atoms with Gasteiger partial charge in [-0.1, -0.05) is 49.1 Å². The van der Waals surface area contributed by atoms with Crippen molar-refractivity contribution in [2.24, 2.45) is 0 Å². The van der Waals surface area contributed by atoms with E-state index in [0.717, 1.165) is 17.8 Å². The van der Waals surface area contributed by atoms with Gasteiger partial charge in [0.15, 0.2) is 0 Å². The molecule has 1 N–H and O–H groups in total. The van der Waals surface area contributed by atoms with Crippen LogP contribution in [0.3, 0.4) is 0 Å². The molecule has 7 heteroatoms. The number of nitrogens with zero attached hydrogens (tertiary/aromatic N) is 2. The van der Waals surface area contributed by atoms with E-state index in [9.17, 15) is 14.9 Å². The zero-order chi connectivity index (χ0) is 20.1. The van der Waals surface area contributed by atoms with Gasteiger partial charge in [-0.3, -0.25) is 19.8 Å². The monoisotopic (exact) mass is 401 g/mol. The number of amides is 1. The van der Waals surface area contributed by atoms with Crippen LogP contribution in [0.1, 0.15) is 48.0 Å². The maximum atomic E-state index is 12.7. The molecule has 1 saturated carbocycles. The van der Waals surface area contributed by atoms with Crippen molar-refractivity contribution in [2.45, 2.75) is 44.7 Å². The summed E-state index contributed by atoms with van der Waals surface area (Å²) in [6, 6.07) is 12.1. The molecule has 2 aromatic carbocycles. The van der Waals surface area contributed by atoms with Gasteiger partial charge in [0.1, 0.15) is 0 Å². The van der Waals surface area contributed by atoms with Crippen LogP contribution >= 0.6 is 11.6 Å². The zero-order valence-corrected chi connectivity index (χ0v) is 16.6. The normalized spacial score (nSPS) is 14.8. The summed E-state index contributed by atoms with van der Waals surface area (Å²) in [6.45, 7) is 0.745. The van der Waals surface area contributed by atoms with Crippen molar-refractivity contribution >= 4 is 28.9 Å². The average Bonchev–Trinajstić information content (AvgIpc) is 2.69. The molecular weight excluding hydrogens is 378 g/mol. The maximum Gasteiger partial charge on any atom is 0.270 e. The van der Waals surface area contributed by atoms with Crippen LogP contribution in [0.25, 0.3) is 0 Å². The highest BCUT2D eigenvalue weighted by Gasteiger charge is 2.20. The van der Waals surface area contributed by atoms with Gasteiger partial charge in [0.2, 0.25) is 0 Å². The van der Waals surface area contributed by atoms with E-state index in [1.807, 2.05) is 24.3 Å². The number of hydrogen-bond acceptors (Lipinski definition) is 4. The Balaban J connectivity index is 1.74. The Kier molecular flexibility index (Phi) is 6.65. The smallest absolute Gasteiger partial charge is 0.270 e. The molecule has 1 amide bonds. The number of nitrogens with one attached hydrogen (secondary N) is 1. The summed E-state index contributed by atoms with van der Waals surface area (Å²) < 4.78 is 0. The summed E-state index contributed by atoms with van der Waals surface area (Å²) in [4.78, 5) is 25.3. The van der Waals surface area contributed by atoms with Gasteiger partial charge in [0.05, 0.1) is 15.5 Å². The molecule has 3 rings (SSSR count). The Morgan fingerprint density at radius 3 is 2.61 bits per heavy atom. The second kappa shape index (κ2) is 9.17. The molecule has 0 atom stereocenters. The van der Waals surface area contributed by atoms with Crippen molar-refractivity contribution in [3.8, 4) is 0 Å². The van der Waals surface area contributed by atoms with Crippen LogP contribution in [0.15, 0.2) is 42.5 Å². The van der Waals surface area contributed by atoms with E-state index < -0.39 is 4.92 Å². The van der Waals surface area contributed by atoms with Crippen LogP contribution in [-0.4, -0.2) is 28.8 Å². The third-order valence-electron chi connectivity index (χ3n) is 5.29. The van der Waals surface area contributed by atoms with Gasteiger partial charge in [-0.15, -0.1) is 0 Å². The minimum atomic E-state index is -0.538. The molecule has 2 aromatic rings. The second-order valence-corrected chi connectivity index (χ2v) is 7.65. The Hall–Kier alpha value is -2.44. The molecule has 28 heavy (non-hydrogen) atoms. The van der Waals surface area contributed by atoms with E-state index in [1.54, 1.807) is 0 Å². The largest absolute Gasteiger partial charge is 0.322 e. The zero-order valence-electron chi connectivity index (χ0n) is 15.9. The third-order valence-corrected chi connectivity index (χ3v) is 5.60. The Morgan fingerprint density at radius 1 is 1.21 bits per heavy atom. The van der Waals surface area contributed by atoms with Crippen molar-refractivity contribution in [1.82, 2.24) is 4.90 Å². The Bertz CT molecular complexity index is 866. The number of non-ortho nitro benzene ring substituents is 1. The summed E-state index contributed by atoms with van der Waals surface area (Å²) >= 11 is 6.09. The molecule has 0 heterocycles. The summed E-state index contributed by atoms with van der Waals surface area (Å²) in [5.74, 6) is -0.382. The van der Waals surface area contributed by atoms with Crippen molar-refractivity contribution < 1.29 is 9.72 Å². The molecule has 0 bridgehead atoms. The first-order chi connectivity index (χ1) is 13.5. The number of hydrogen-bond donors (Lipinski definition) is 1. The van der Waals surface area contributed by atoms with E-state index in [-0.39, 0.29) is 22.2 Å². The quantitative estimate of drug-likeness (QED) is 0.528. The highest BCUT2D eigenvalue weighted by molar-refractivity contribution is 6.34. The number of nitro groups is 1. The number of carbonyl (C=O) groups is 1. The number of rotatable bonds is 6. The van der Waals surface area contributed by atoms with E-state index in [0.29, 0.717) is 6.04 Å². The fourth-order valence-corrected chi connectivity index (χ4v) is 3.95. The Labute approximate surface area is 169 Å². The van der Waals surface area contributed by atoms with E-state index >= 15 is 0 Å². The molecule has 1 aliphatic rings. The SMILES string of the molecule is CN(Cc1ccccc1NC(=O)c1ccc([N+](=O)[O-])cc1Cl)C1CCCCC1. The summed E-state index contributed by atoms with van der Waals surface area (Å²) in [5.41, 5.74) is 1.82. The fraction of sp³-hybridized carbons (Fsp3) is 0.381. The van der Waals surface area contributed by atoms with Crippen LogP contribution in [0.2, 0.25) is 5.02 Å². The molecule has 0 radical (unpaired) electrons. The molecule has 0 spiro atoms. The average molecular weight is 402 g/mol. The van der Waals surface area contributed by atoms with Crippen LogP contribution in [0, 0.1) is 10.1 Å². The van der Waals surface area contributed by atoms with Gasteiger partial charge in [0.25, 0.3) is 11.6 Å². The van der Waals surface area contributed by atoms with Crippen molar-refractivity contribution in [2.75, 3.05) is 12.4 Å². The molecule has 0 aromatic heterocycles. The lowest BCUT2D eigenvalue weighted by Crippen LogP contribution is -2.33. The van der Waals surface area contributed by atoms with Crippen LogP contribution in [-0.2, 0) is 6.54 Å². The molecule has 1 fully saturated rings. The first-order valence-electron chi connectivity index (χ1n) is 9.49. The summed E-state index contributed by atoms with van der Waals surface area (Å²) in [7, 11) is 2.13. The van der Waals surface area contributed by atoms with E-state index in [4.69, 9.17) is 11.6 Å². The molecule has 148 valence electrons. The van der Waals surface area contributed by atoms with Gasteiger partial charge in [-0.2, -0.15) is 0 Å². The molecule has 6 nitrogen and oxygen atoms in total. The first kappa shape index (κ1) is 20.3. The molecular formula is C21H24ClN3O3. The second-order valence-electron chi connectivity index (χ2n) is 7.24. The van der Waals surface area contributed by atoms with E-state index in [1.165, 1.54) is 50.3 Å². The predicted octanol–water partition coefficient (Wildman–Crippen LogP) is 5.27. The van der Waals surface area contributed by atoms with Crippen molar-refractivity contribution in [1.29, 1.82) is 0 Å². The maximum absolute atomic E-state index is 12.7. The standard InChI is InChI=1S/C21H24ClN3O3/c1-24(16-8-3-2-4-9-16)14-15-7-5-6-10-20(15)23-21(26)18-12-11-17(25(27)28)13-19(18)22/h5-7,10-13,16H,2-4,8-9,14H2,1H3,(H,23,26). The third kappa shape index (κ3) is 4.88. The molecule has 0 unspecified atom stereocenters. The number of anilines is 1. The first-order valence-corrected chi connectivity index (χ1v) is 9.87. The minimum absolute atomic E-state index is 0.0588. The topological polar surface area (TPSA) is 75.5 Å². The van der Waals surface area contributed by atoms with Gasteiger partial charge < -0.3 is 5.32 Å². The van der Waals surface area contributed by atoms with Crippen molar-refractivity contribution in [3.05, 3.63) is 68.7 Å². The van der Waals surface area contributed by atoms with Crippen LogP contribution in [0.5, 0.6) is 0 Å². The number of nitro benzene ring substituents is 1. The molecule has 0 aliphatic heterocycles. The van der Waals surface area contributed by atoms with Gasteiger partial charge in [-0.05, 0) is 37.6 Å². The lowest BCUT2D eigenvalue weighted by atomic mass is 9.94. The minimum Gasteiger partial charge on any atom is -0.322 e. The highest BCUT2D eigenvalue weighted by Crippen LogP contribution is 2.27. The van der Waals surface area contributed by atoms with E-state index in [2.05, 4.69) is 17.3 Å². The van der Waals surface area contributed by atoms with Crippen LogP contribution in [0.4, 0.5) is 11.4 Å². The highest BCUT2D eigenvalue weighted by atomic mass is 35.5. The Morgan fingerprint density at radius 2 is 1.93 bits per heavy atom. The number of carbonyl (C=O) groups excluding carboxylic acids is 1. The summed E-state index contributed by atoms with van der Waals surface area (Å²) in [5, 5.41) is 13.8. The fourth-order valence-electron chi connectivity index (χ4n) is 3.69. The van der Waals surface area contributed by atoms with Crippen LogP contribution < -0.4 is 5.32 Å². The van der Waals surface area contributed by atoms with Gasteiger partial charge in [0, 0.05) is 30.4 Å². The van der Waals surface area contributed by atoms with Gasteiger partial charge >= 0.3 is 0 Å². The summed E-state index contributed by atoms with van der Waals surface area (Å²) in [6.07, 6.45) is 6.28. The lowest BCUT2D eigenvalue weighted by Gasteiger charge is -2.31. The lowest BCUT2D eigenvalue weighted by molar-refractivity contribution is -0.384. The van der Waals surface area contributed by atoms with Crippen molar-refractivity contribution in [3.63, 3.8) is 0 Å². The molecule has 1 aliphatic carbocycles. The molecule has 0 saturated heterocycles. The van der Waals surface area contributed by atoms with Gasteiger partial charge in [-0.25, -0.2) is 0 Å². The number of benzene rings is 2. The predicted molar refractivity (Wildman–Crippen MR) is 111 cm³/mol. The number of halogens is 1. The number of para-hydroxylation sites is 1.